The van der Waals surface area contributed by atoms with Gasteiger partial charge in [0.05, 0.1) is 6.10 Å². The lowest BCUT2D eigenvalue weighted by molar-refractivity contribution is -0.154. The molecule has 0 aromatic rings. The highest BCUT2D eigenvalue weighted by Crippen LogP contribution is 2.43. The molecule has 0 amide bonds. The van der Waals surface area contributed by atoms with Gasteiger partial charge in [0.2, 0.25) is 0 Å². The molecule has 1 unspecified atom stereocenters. The fourth-order valence-electron chi connectivity index (χ4n) is 2.42. The van der Waals surface area contributed by atoms with Crippen LogP contribution in [0.25, 0.3) is 0 Å². The van der Waals surface area contributed by atoms with Gasteiger partial charge in [-0.1, -0.05) is 20.8 Å². The largest absolute Gasteiger partial charge is 0.457 e. The summed E-state index contributed by atoms with van der Waals surface area (Å²) in [5.41, 5.74) is -1.48. The highest BCUT2D eigenvalue weighted by molar-refractivity contribution is 6.74. The Balaban J connectivity index is 2.16. The van der Waals surface area contributed by atoms with Crippen LogP contribution in [-0.4, -0.2) is 48.4 Å². The van der Waals surface area contributed by atoms with Crippen LogP contribution in [0.3, 0.4) is 0 Å². The second-order valence-electron chi connectivity index (χ2n) is 7.29. The van der Waals surface area contributed by atoms with E-state index in [0.29, 0.717) is 0 Å². The van der Waals surface area contributed by atoms with Gasteiger partial charge >= 0.3 is 5.97 Å². The molecule has 1 aliphatic carbocycles. The second kappa shape index (κ2) is 4.28. The number of esters is 1. The molecule has 1 saturated carbocycles. The number of aliphatic hydroxyl groups excluding tert-OH is 1. The topological polar surface area (TPSA) is 76.0 Å². The van der Waals surface area contributed by atoms with Gasteiger partial charge in [0, 0.05) is 12.8 Å². The van der Waals surface area contributed by atoms with Crippen LogP contribution in [0.2, 0.25) is 18.1 Å². The van der Waals surface area contributed by atoms with E-state index in [4.69, 9.17) is 9.16 Å². The van der Waals surface area contributed by atoms with Crippen LogP contribution in [0, 0.1) is 0 Å². The molecule has 19 heavy (non-hydrogen) atoms. The van der Waals surface area contributed by atoms with Gasteiger partial charge in [0.1, 0.15) is 12.2 Å². The molecular formula is C13H24O5Si. The fraction of sp³-hybridized carbons (Fsp3) is 0.923. The number of rotatable bonds is 2. The number of fused-ring (bicyclic) bond motifs is 2. The van der Waals surface area contributed by atoms with Crippen molar-refractivity contribution in [1.29, 1.82) is 0 Å². The Labute approximate surface area is 115 Å². The molecular weight excluding hydrogens is 264 g/mol. The minimum atomic E-state index is -2.06. The normalized spacial score (nSPS) is 39.3. The minimum Gasteiger partial charge on any atom is -0.457 e. The van der Waals surface area contributed by atoms with Gasteiger partial charge in [0.15, 0.2) is 13.9 Å². The SMILES string of the molecule is CC(C)(C)[Si](C)(C)OC1C[C@]2(O)C[C@@H](OC2=O)[C@@H]1O. The van der Waals surface area contributed by atoms with Gasteiger partial charge in [0.25, 0.3) is 0 Å². The molecule has 1 heterocycles. The number of carbonyl (C=O) groups excluding carboxylic acids is 1. The number of aliphatic hydroxyl groups is 2. The lowest BCUT2D eigenvalue weighted by atomic mass is 9.82. The standard InChI is InChI=1S/C13H24O5Si/c1-12(2,3)19(4,5)18-9-7-13(16)6-8(10(9)14)17-11(13)15/h8-10,14,16H,6-7H2,1-5H3/t8-,9?,10+,13-/m1/s1. The third-order valence-corrected chi connectivity index (χ3v) is 9.23. The summed E-state index contributed by atoms with van der Waals surface area (Å²) in [5, 5.41) is 20.5. The van der Waals surface area contributed by atoms with Crippen LogP contribution in [0.1, 0.15) is 33.6 Å². The van der Waals surface area contributed by atoms with Crippen LogP contribution in [0.4, 0.5) is 0 Å². The predicted molar refractivity (Wildman–Crippen MR) is 72.1 cm³/mol. The molecule has 1 aliphatic heterocycles. The van der Waals surface area contributed by atoms with Crippen LogP contribution in [0.15, 0.2) is 0 Å². The summed E-state index contributed by atoms with van der Waals surface area (Å²) in [5.74, 6) is -0.627. The molecule has 2 aliphatic rings. The summed E-state index contributed by atoms with van der Waals surface area (Å²) < 4.78 is 11.2. The molecule has 0 radical (unpaired) electrons. The summed E-state index contributed by atoms with van der Waals surface area (Å²) in [6.45, 7) is 10.5. The lowest BCUT2D eigenvalue weighted by Crippen LogP contribution is -2.55. The third-order valence-electron chi connectivity index (χ3n) is 4.73. The van der Waals surface area contributed by atoms with E-state index >= 15 is 0 Å². The molecule has 2 fully saturated rings. The molecule has 6 heteroatoms. The van der Waals surface area contributed by atoms with E-state index < -0.39 is 38.2 Å². The van der Waals surface area contributed by atoms with Gasteiger partial charge in [-0.15, -0.1) is 0 Å². The average molecular weight is 288 g/mol. The van der Waals surface area contributed by atoms with E-state index in [9.17, 15) is 15.0 Å². The predicted octanol–water partition coefficient (Wildman–Crippen LogP) is 1.19. The molecule has 110 valence electrons. The number of ether oxygens (including phenoxy) is 1. The van der Waals surface area contributed by atoms with Crippen LogP contribution >= 0.6 is 0 Å². The summed E-state index contributed by atoms with van der Waals surface area (Å²) in [7, 11) is -2.06. The van der Waals surface area contributed by atoms with Crippen molar-refractivity contribution in [3.8, 4) is 0 Å². The number of hydrogen-bond acceptors (Lipinski definition) is 5. The summed E-state index contributed by atoms with van der Waals surface area (Å²) >= 11 is 0. The quantitative estimate of drug-likeness (QED) is 0.589. The molecule has 0 spiro atoms. The Morgan fingerprint density at radius 1 is 1.37 bits per heavy atom. The average Bonchev–Trinajstić information content (AvgIpc) is 2.46. The van der Waals surface area contributed by atoms with Crippen molar-refractivity contribution in [3.63, 3.8) is 0 Å². The highest BCUT2D eigenvalue weighted by Gasteiger charge is 2.58. The molecule has 1 saturated heterocycles. The van der Waals surface area contributed by atoms with E-state index in [1.54, 1.807) is 0 Å². The van der Waals surface area contributed by atoms with Gasteiger partial charge in [-0.25, -0.2) is 4.79 Å². The molecule has 2 rings (SSSR count). The van der Waals surface area contributed by atoms with Gasteiger partial charge < -0.3 is 19.4 Å². The lowest BCUT2D eigenvalue weighted by Gasteiger charge is -2.43. The van der Waals surface area contributed by atoms with Crippen LogP contribution < -0.4 is 0 Å². The monoisotopic (exact) mass is 288 g/mol. The Morgan fingerprint density at radius 2 is 1.95 bits per heavy atom. The van der Waals surface area contributed by atoms with Crippen molar-refractivity contribution < 1.29 is 24.2 Å². The van der Waals surface area contributed by atoms with E-state index in [1.165, 1.54) is 0 Å². The fourth-order valence-corrected chi connectivity index (χ4v) is 3.75. The third kappa shape index (κ3) is 2.46. The Kier molecular flexibility index (Phi) is 3.37. The van der Waals surface area contributed by atoms with Crippen molar-refractivity contribution >= 4 is 14.3 Å². The van der Waals surface area contributed by atoms with E-state index in [2.05, 4.69) is 33.9 Å². The number of carbonyl (C=O) groups is 1. The van der Waals surface area contributed by atoms with Crippen molar-refractivity contribution in [2.75, 3.05) is 0 Å². The molecule has 2 N–H and O–H groups in total. The maximum Gasteiger partial charge on any atom is 0.338 e. The first-order chi connectivity index (χ1) is 8.46. The van der Waals surface area contributed by atoms with Crippen molar-refractivity contribution in [1.82, 2.24) is 0 Å². The van der Waals surface area contributed by atoms with Crippen molar-refractivity contribution in [2.24, 2.45) is 0 Å². The number of hydrogen-bond donors (Lipinski definition) is 2. The van der Waals surface area contributed by atoms with Crippen LogP contribution in [-0.2, 0) is 14.0 Å². The molecule has 5 nitrogen and oxygen atoms in total. The molecule has 0 aromatic heterocycles. The molecule has 2 bridgehead atoms. The van der Waals surface area contributed by atoms with Gasteiger partial charge in [-0.2, -0.15) is 0 Å². The first-order valence-corrected chi connectivity index (χ1v) is 9.66. The Morgan fingerprint density at radius 3 is 2.47 bits per heavy atom. The summed E-state index contributed by atoms with van der Waals surface area (Å²) in [6.07, 6.45) is -1.72. The smallest absolute Gasteiger partial charge is 0.338 e. The van der Waals surface area contributed by atoms with Crippen LogP contribution in [0.5, 0.6) is 0 Å². The molecule has 4 atom stereocenters. The first kappa shape index (κ1) is 15.0. The van der Waals surface area contributed by atoms with E-state index in [0.717, 1.165) is 0 Å². The molecule has 0 aromatic carbocycles. The zero-order valence-electron chi connectivity index (χ0n) is 12.3. The summed E-state index contributed by atoms with van der Waals surface area (Å²) in [4.78, 5) is 11.6. The maximum absolute atomic E-state index is 11.6. The summed E-state index contributed by atoms with van der Waals surface area (Å²) in [6, 6.07) is 0. The first-order valence-electron chi connectivity index (χ1n) is 6.76. The van der Waals surface area contributed by atoms with E-state index in [1.807, 2.05) is 0 Å². The van der Waals surface area contributed by atoms with Crippen molar-refractivity contribution in [2.45, 2.75) is 75.7 Å². The maximum atomic E-state index is 11.6. The van der Waals surface area contributed by atoms with Gasteiger partial charge in [-0.05, 0) is 18.1 Å². The highest BCUT2D eigenvalue weighted by atomic mass is 28.4. The zero-order chi connectivity index (χ0) is 14.6. The Hall–Kier alpha value is -0.433. The second-order valence-corrected chi connectivity index (χ2v) is 12.0. The van der Waals surface area contributed by atoms with Crippen molar-refractivity contribution in [3.05, 3.63) is 0 Å². The van der Waals surface area contributed by atoms with Gasteiger partial charge in [-0.3, -0.25) is 0 Å². The zero-order valence-corrected chi connectivity index (χ0v) is 13.3. The Bertz CT molecular complexity index is 389. The minimum absolute atomic E-state index is 0.0106. The van der Waals surface area contributed by atoms with E-state index in [-0.39, 0.29) is 17.9 Å².